The minimum Gasteiger partial charge on any atom is -0.486 e. The molecule has 0 radical (unpaired) electrons. The van der Waals surface area contributed by atoms with Crippen molar-refractivity contribution in [3.8, 4) is 23.1 Å². The summed E-state index contributed by atoms with van der Waals surface area (Å²) in [5.41, 5.74) is 3.27. The molecule has 9 heteroatoms. The van der Waals surface area contributed by atoms with E-state index in [9.17, 15) is 0 Å². The van der Waals surface area contributed by atoms with E-state index < -0.39 is 0 Å². The molecule has 7 nitrogen and oxygen atoms in total. The number of nitriles is 1. The Hall–Kier alpha value is -3.34. The third-order valence-electron chi connectivity index (χ3n) is 5.55. The lowest BCUT2D eigenvalue weighted by atomic mass is 10.0. The van der Waals surface area contributed by atoms with Crippen LogP contribution in [0.25, 0.3) is 22.2 Å². The van der Waals surface area contributed by atoms with Gasteiger partial charge < -0.3 is 9.64 Å². The van der Waals surface area contributed by atoms with Crippen molar-refractivity contribution in [3.63, 3.8) is 0 Å². The molecule has 0 aliphatic carbocycles. The molecular formula is C23H18Cl2N6O. The Morgan fingerprint density at radius 3 is 2.62 bits per heavy atom. The highest BCUT2D eigenvalue weighted by Gasteiger charge is 2.27. The van der Waals surface area contributed by atoms with Crippen molar-refractivity contribution in [3.05, 3.63) is 64.5 Å². The molecule has 1 fully saturated rings. The molecule has 5 rings (SSSR count). The summed E-state index contributed by atoms with van der Waals surface area (Å²) in [5.74, 6) is 1.62. The van der Waals surface area contributed by atoms with Crippen LogP contribution in [-0.2, 0) is 0 Å². The molecule has 0 bridgehead atoms. The van der Waals surface area contributed by atoms with E-state index in [0.717, 1.165) is 41.1 Å². The highest BCUT2D eigenvalue weighted by Crippen LogP contribution is 2.35. The van der Waals surface area contributed by atoms with Gasteiger partial charge in [0.25, 0.3) is 0 Å². The van der Waals surface area contributed by atoms with Crippen LogP contribution in [0.4, 0.5) is 5.82 Å². The predicted octanol–water partition coefficient (Wildman–Crippen LogP) is 5.43. The number of ether oxygens (including phenoxy) is 1. The number of hydrogen-bond acceptors (Lipinski definition) is 6. The van der Waals surface area contributed by atoms with Gasteiger partial charge in [0.1, 0.15) is 23.4 Å². The average Bonchev–Trinajstić information content (AvgIpc) is 3.17. The number of H-pyrrole nitrogens is 1. The zero-order chi connectivity index (χ0) is 22.2. The first-order valence-electron chi connectivity index (χ1n) is 10.1. The van der Waals surface area contributed by atoms with Crippen LogP contribution >= 0.6 is 23.2 Å². The fourth-order valence-corrected chi connectivity index (χ4v) is 4.49. The van der Waals surface area contributed by atoms with Crippen molar-refractivity contribution < 1.29 is 4.74 Å². The van der Waals surface area contributed by atoms with Crippen molar-refractivity contribution in [1.82, 2.24) is 20.2 Å². The first-order chi connectivity index (χ1) is 15.5. The quantitative estimate of drug-likeness (QED) is 0.423. The number of nitrogens with zero attached hydrogens (tertiary/aromatic N) is 5. The highest BCUT2D eigenvalue weighted by atomic mass is 35.5. The maximum atomic E-state index is 8.95. The molecule has 1 N–H and O–H groups in total. The molecule has 0 unspecified atom stereocenters. The largest absolute Gasteiger partial charge is 0.486 e. The van der Waals surface area contributed by atoms with Gasteiger partial charge in [0, 0.05) is 48.2 Å². The molecule has 160 valence electrons. The van der Waals surface area contributed by atoms with Crippen LogP contribution < -0.4 is 9.64 Å². The summed E-state index contributed by atoms with van der Waals surface area (Å²) in [6.07, 6.45) is 4.55. The molecule has 4 aromatic rings. The second-order valence-corrected chi connectivity index (χ2v) is 8.51. The summed E-state index contributed by atoms with van der Waals surface area (Å²) in [4.78, 5) is 10.6. The second-order valence-electron chi connectivity index (χ2n) is 7.69. The smallest absolute Gasteiger partial charge is 0.128 e. The monoisotopic (exact) mass is 464 g/mol. The number of aromatic amines is 1. The Balaban J connectivity index is 1.40. The maximum absolute atomic E-state index is 8.95. The van der Waals surface area contributed by atoms with Crippen molar-refractivity contribution in [2.75, 3.05) is 18.0 Å². The van der Waals surface area contributed by atoms with Gasteiger partial charge in [0.05, 0.1) is 27.5 Å². The lowest BCUT2D eigenvalue weighted by Gasteiger charge is -2.36. The van der Waals surface area contributed by atoms with E-state index in [4.69, 9.17) is 33.2 Å². The summed E-state index contributed by atoms with van der Waals surface area (Å²) in [5, 5.41) is 18.3. The Morgan fingerprint density at radius 1 is 1.16 bits per heavy atom. The van der Waals surface area contributed by atoms with E-state index in [1.165, 1.54) is 0 Å². The van der Waals surface area contributed by atoms with Crippen LogP contribution in [0.5, 0.6) is 5.75 Å². The number of fused-ring (bicyclic) bond motifs is 1. The average molecular weight is 465 g/mol. The van der Waals surface area contributed by atoms with Crippen LogP contribution in [0.1, 0.15) is 18.6 Å². The van der Waals surface area contributed by atoms with Crippen LogP contribution in [0.15, 0.2) is 48.9 Å². The Kier molecular flexibility index (Phi) is 5.33. The number of hydrogen-bond donors (Lipinski definition) is 1. The highest BCUT2D eigenvalue weighted by molar-refractivity contribution is 6.35. The van der Waals surface area contributed by atoms with Gasteiger partial charge in [0.2, 0.25) is 0 Å². The van der Waals surface area contributed by atoms with Gasteiger partial charge in [0.15, 0.2) is 0 Å². The first kappa shape index (κ1) is 20.6. The molecule has 0 spiro atoms. The lowest BCUT2D eigenvalue weighted by Crippen LogP contribution is -2.46. The SMILES string of the molecule is C[C@@H](Oc1ccc2[nH]nc(-c3ccc(N4CC(C#N)C4)nc3)c2c1)c1c(Cl)cncc1Cl. The summed E-state index contributed by atoms with van der Waals surface area (Å²) < 4.78 is 6.14. The molecule has 1 atom stereocenters. The maximum Gasteiger partial charge on any atom is 0.128 e. The van der Waals surface area contributed by atoms with Gasteiger partial charge in [-0.05, 0) is 37.3 Å². The number of halogens is 2. The van der Waals surface area contributed by atoms with Crippen LogP contribution in [-0.4, -0.2) is 33.3 Å². The van der Waals surface area contributed by atoms with E-state index in [-0.39, 0.29) is 12.0 Å². The molecule has 0 amide bonds. The Morgan fingerprint density at radius 2 is 1.94 bits per heavy atom. The van der Waals surface area contributed by atoms with Crippen molar-refractivity contribution in [1.29, 1.82) is 5.26 Å². The molecule has 3 aromatic heterocycles. The van der Waals surface area contributed by atoms with Crippen molar-refractivity contribution in [2.24, 2.45) is 5.92 Å². The number of benzene rings is 1. The van der Waals surface area contributed by atoms with E-state index >= 15 is 0 Å². The molecule has 1 aromatic carbocycles. The van der Waals surface area contributed by atoms with E-state index in [0.29, 0.717) is 21.4 Å². The van der Waals surface area contributed by atoms with Gasteiger partial charge in [-0.2, -0.15) is 10.4 Å². The Bertz CT molecular complexity index is 1300. The molecule has 1 saturated heterocycles. The predicted molar refractivity (Wildman–Crippen MR) is 124 cm³/mol. The third-order valence-corrected chi connectivity index (χ3v) is 6.16. The molecular weight excluding hydrogens is 447 g/mol. The van der Waals surface area contributed by atoms with Gasteiger partial charge in [-0.3, -0.25) is 10.1 Å². The van der Waals surface area contributed by atoms with Gasteiger partial charge in [-0.25, -0.2) is 4.98 Å². The van der Waals surface area contributed by atoms with E-state index in [1.807, 2.05) is 37.3 Å². The van der Waals surface area contributed by atoms with E-state index in [2.05, 4.69) is 31.1 Å². The molecule has 1 aliphatic heterocycles. The molecule has 32 heavy (non-hydrogen) atoms. The van der Waals surface area contributed by atoms with Gasteiger partial charge >= 0.3 is 0 Å². The summed E-state index contributed by atoms with van der Waals surface area (Å²) >= 11 is 12.5. The molecule has 4 heterocycles. The van der Waals surface area contributed by atoms with Crippen LogP contribution in [0.2, 0.25) is 10.0 Å². The normalized spacial score (nSPS) is 14.8. The molecule has 0 saturated carbocycles. The minimum atomic E-state index is -0.361. The number of nitrogens with one attached hydrogen (secondary N) is 1. The summed E-state index contributed by atoms with van der Waals surface area (Å²) in [6, 6.07) is 12.0. The minimum absolute atomic E-state index is 0.0875. The Labute approximate surface area is 194 Å². The van der Waals surface area contributed by atoms with Gasteiger partial charge in [-0.15, -0.1) is 0 Å². The standard InChI is InChI=1S/C23H18Cl2N6O/c1-13(22-18(24)9-27-10-19(22)25)32-16-3-4-20-17(6-16)23(30-29-20)15-2-5-21(28-8-15)31-11-14(7-26)12-31/h2-6,8-10,13-14H,11-12H2,1H3,(H,29,30)/t13-/m1/s1. The first-order valence-corrected chi connectivity index (χ1v) is 10.8. The topological polar surface area (TPSA) is 90.7 Å². The third kappa shape index (κ3) is 3.72. The number of anilines is 1. The summed E-state index contributed by atoms with van der Waals surface area (Å²) in [7, 11) is 0. The van der Waals surface area contributed by atoms with Crippen molar-refractivity contribution in [2.45, 2.75) is 13.0 Å². The fourth-order valence-electron chi connectivity index (χ4n) is 3.82. The second kappa shape index (κ2) is 8.30. The zero-order valence-electron chi connectivity index (χ0n) is 17.1. The fraction of sp³-hybridized carbons (Fsp3) is 0.217. The van der Waals surface area contributed by atoms with E-state index in [1.54, 1.807) is 18.6 Å². The van der Waals surface area contributed by atoms with Crippen molar-refractivity contribution >= 4 is 39.9 Å². The summed E-state index contributed by atoms with van der Waals surface area (Å²) in [6.45, 7) is 3.33. The van der Waals surface area contributed by atoms with Crippen LogP contribution in [0.3, 0.4) is 0 Å². The van der Waals surface area contributed by atoms with Gasteiger partial charge in [-0.1, -0.05) is 23.2 Å². The zero-order valence-corrected chi connectivity index (χ0v) is 18.6. The number of pyridine rings is 2. The number of aromatic nitrogens is 4. The molecule has 1 aliphatic rings. The lowest BCUT2D eigenvalue weighted by molar-refractivity contribution is 0.227. The number of rotatable bonds is 5. The van der Waals surface area contributed by atoms with Crippen LogP contribution in [0, 0.1) is 17.2 Å².